The summed E-state index contributed by atoms with van der Waals surface area (Å²) in [5.41, 5.74) is 2.22. The second-order valence-corrected chi connectivity index (χ2v) is 7.58. The van der Waals surface area contributed by atoms with Crippen LogP contribution in [0.2, 0.25) is 0 Å². The van der Waals surface area contributed by atoms with Crippen LogP contribution in [0.1, 0.15) is 45.6 Å². The van der Waals surface area contributed by atoms with Gasteiger partial charge in [0.05, 0.1) is 12.7 Å². The lowest BCUT2D eigenvalue weighted by Gasteiger charge is -2.43. The zero-order chi connectivity index (χ0) is 13.7. The molecule has 1 N–H and O–H groups in total. The maximum Gasteiger partial charge on any atom is 0.0534 e. The number of nitrogens with one attached hydrogen (secondary N) is 1. The minimum Gasteiger partial charge on any atom is -0.311 e. The molecule has 3 nitrogen and oxygen atoms in total. The summed E-state index contributed by atoms with van der Waals surface area (Å²) in [6.45, 7) is 11.5. The molecule has 2 bridgehead atoms. The van der Waals surface area contributed by atoms with E-state index in [0.29, 0.717) is 16.9 Å². The molecular formula is C16H27N3. The Morgan fingerprint density at radius 1 is 1.42 bits per heavy atom. The van der Waals surface area contributed by atoms with Crippen molar-refractivity contribution < 1.29 is 0 Å². The molecule has 1 heterocycles. The average molecular weight is 261 g/mol. The van der Waals surface area contributed by atoms with E-state index in [-0.39, 0.29) is 0 Å². The van der Waals surface area contributed by atoms with Crippen molar-refractivity contribution in [2.75, 3.05) is 6.54 Å². The first-order valence-electron chi connectivity index (χ1n) is 7.64. The van der Waals surface area contributed by atoms with E-state index in [2.05, 4.69) is 44.3 Å². The van der Waals surface area contributed by atoms with Gasteiger partial charge in [-0.2, -0.15) is 5.10 Å². The third-order valence-electron chi connectivity index (χ3n) is 5.72. The number of aryl methyl sites for hydroxylation is 1. The molecule has 19 heavy (non-hydrogen) atoms. The number of hydrogen-bond donors (Lipinski definition) is 1. The molecule has 1 aromatic rings. The largest absolute Gasteiger partial charge is 0.311 e. The number of hydrogen-bond acceptors (Lipinski definition) is 2. The van der Waals surface area contributed by atoms with Gasteiger partial charge in [-0.1, -0.05) is 20.8 Å². The molecule has 1 unspecified atom stereocenters. The zero-order valence-corrected chi connectivity index (χ0v) is 12.7. The van der Waals surface area contributed by atoms with Gasteiger partial charge in [0, 0.05) is 18.8 Å². The molecule has 0 amide bonds. The molecule has 0 spiro atoms. The Bertz CT molecular complexity index is 458. The average Bonchev–Trinajstić information content (AvgIpc) is 2.95. The standard InChI is InChI=1S/C16H27N3/c1-12-10-18-19(11-12)8-7-17-14-15(2,3)13-5-6-16(14,4)9-13/h10-11,13-14,17H,5-9H2,1-4H3/t13-,14?,16+/m0/s1. The summed E-state index contributed by atoms with van der Waals surface area (Å²) in [6.07, 6.45) is 8.30. The monoisotopic (exact) mass is 261 g/mol. The summed E-state index contributed by atoms with van der Waals surface area (Å²) in [7, 11) is 0. The summed E-state index contributed by atoms with van der Waals surface area (Å²) < 4.78 is 2.05. The first-order chi connectivity index (χ1) is 8.92. The Labute approximate surface area is 116 Å². The normalized spacial score (nSPS) is 36.0. The van der Waals surface area contributed by atoms with Crippen molar-refractivity contribution in [3.8, 4) is 0 Å². The van der Waals surface area contributed by atoms with Crippen molar-refractivity contribution in [2.45, 2.75) is 59.5 Å². The minimum atomic E-state index is 0.451. The van der Waals surface area contributed by atoms with Crippen LogP contribution in [0.4, 0.5) is 0 Å². The third kappa shape index (κ3) is 2.12. The third-order valence-corrected chi connectivity index (χ3v) is 5.72. The van der Waals surface area contributed by atoms with Crippen molar-refractivity contribution in [3.63, 3.8) is 0 Å². The summed E-state index contributed by atoms with van der Waals surface area (Å²) in [5, 5.41) is 8.20. The Morgan fingerprint density at radius 3 is 2.79 bits per heavy atom. The van der Waals surface area contributed by atoms with Gasteiger partial charge >= 0.3 is 0 Å². The van der Waals surface area contributed by atoms with Gasteiger partial charge in [0.25, 0.3) is 0 Å². The predicted octanol–water partition coefficient (Wildman–Crippen LogP) is 3.00. The van der Waals surface area contributed by atoms with Crippen LogP contribution in [0.5, 0.6) is 0 Å². The molecule has 2 aliphatic rings. The fourth-order valence-corrected chi connectivity index (χ4v) is 4.72. The van der Waals surface area contributed by atoms with Crippen LogP contribution in [0.15, 0.2) is 12.4 Å². The second-order valence-electron chi connectivity index (χ2n) is 7.58. The van der Waals surface area contributed by atoms with Crippen molar-refractivity contribution >= 4 is 0 Å². The van der Waals surface area contributed by atoms with E-state index in [1.807, 2.05) is 10.9 Å². The SMILES string of the molecule is Cc1cnn(CCNC2C(C)(C)[C@H]3CC[C@]2(C)C3)c1. The van der Waals surface area contributed by atoms with Gasteiger partial charge in [0.15, 0.2) is 0 Å². The molecule has 3 heteroatoms. The Morgan fingerprint density at radius 2 is 2.21 bits per heavy atom. The highest BCUT2D eigenvalue weighted by molar-refractivity contribution is 5.12. The van der Waals surface area contributed by atoms with E-state index in [0.717, 1.165) is 19.0 Å². The highest BCUT2D eigenvalue weighted by Crippen LogP contribution is 2.62. The van der Waals surface area contributed by atoms with E-state index < -0.39 is 0 Å². The molecule has 3 rings (SSSR count). The number of fused-ring (bicyclic) bond motifs is 2. The maximum atomic E-state index is 4.36. The van der Waals surface area contributed by atoms with E-state index in [1.165, 1.54) is 24.8 Å². The topological polar surface area (TPSA) is 29.9 Å². The van der Waals surface area contributed by atoms with Crippen LogP contribution in [0, 0.1) is 23.7 Å². The molecule has 0 aliphatic heterocycles. The number of aromatic nitrogens is 2. The molecule has 0 saturated heterocycles. The molecular weight excluding hydrogens is 234 g/mol. The molecule has 3 atom stereocenters. The van der Waals surface area contributed by atoms with E-state index in [1.54, 1.807) is 0 Å². The lowest BCUT2D eigenvalue weighted by atomic mass is 9.68. The summed E-state index contributed by atoms with van der Waals surface area (Å²) in [5.74, 6) is 0.918. The van der Waals surface area contributed by atoms with E-state index >= 15 is 0 Å². The van der Waals surface area contributed by atoms with Crippen molar-refractivity contribution in [1.82, 2.24) is 15.1 Å². The lowest BCUT2D eigenvalue weighted by Crippen LogP contribution is -2.51. The summed E-state index contributed by atoms with van der Waals surface area (Å²) >= 11 is 0. The zero-order valence-electron chi connectivity index (χ0n) is 12.7. The molecule has 2 aliphatic carbocycles. The molecule has 2 saturated carbocycles. The van der Waals surface area contributed by atoms with Gasteiger partial charge < -0.3 is 5.32 Å². The molecule has 106 valence electrons. The minimum absolute atomic E-state index is 0.451. The van der Waals surface area contributed by atoms with Crippen LogP contribution >= 0.6 is 0 Å². The van der Waals surface area contributed by atoms with Crippen molar-refractivity contribution in [1.29, 1.82) is 0 Å². The molecule has 2 fully saturated rings. The van der Waals surface area contributed by atoms with E-state index in [9.17, 15) is 0 Å². The van der Waals surface area contributed by atoms with Gasteiger partial charge in [0.1, 0.15) is 0 Å². The van der Waals surface area contributed by atoms with Crippen LogP contribution < -0.4 is 5.32 Å². The number of rotatable bonds is 4. The highest BCUT2D eigenvalue weighted by Gasteiger charge is 2.58. The van der Waals surface area contributed by atoms with Crippen molar-refractivity contribution in [2.24, 2.45) is 16.7 Å². The Balaban J connectivity index is 1.60. The Kier molecular flexibility index (Phi) is 3.01. The maximum absolute atomic E-state index is 4.36. The van der Waals surface area contributed by atoms with Crippen LogP contribution in [-0.2, 0) is 6.54 Å². The fourth-order valence-electron chi connectivity index (χ4n) is 4.72. The van der Waals surface area contributed by atoms with Crippen LogP contribution in [-0.4, -0.2) is 22.4 Å². The first-order valence-corrected chi connectivity index (χ1v) is 7.64. The van der Waals surface area contributed by atoms with Gasteiger partial charge in [-0.05, 0) is 48.5 Å². The first kappa shape index (κ1) is 13.2. The van der Waals surface area contributed by atoms with Gasteiger partial charge in [-0.15, -0.1) is 0 Å². The van der Waals surface area contributed by atoms with E-state index in [4.69, 9.17) is 0 Å². The van der Waals surface area contributed by atoms with Crippen LogP contribution in [0.25, 0.3) is 0 Å². The van der Waals surface area contributed by atoms with Gasteiger partial charge in [-0.3, -0.25) is 4.68 Å². The molecule has 0 radical (unpaired) electrons. The number of nitrogens with zero attached hydrogens (tertiary/aromatic N) is 2. The second kappa shape index (κ2) is 4.34. The quantitative estimate of drug-likeness (QED) is 0.903. The van der Waals surface area contributed by atoms with Crippen molar-refractivity contribution in [3.05, 3.63) is 18.0 Å². The van der Waals surface area contributed by atoms with Gasteiger partial charge in [0.2, 0.25) is 0 Å². The van der Waals surface area contributed by atoms with Crippen LogP contribution in [0.3, 0.4) is 0 Å². The summed E-state index contributed by atoms with van der Waals surface area (Å²) in [4.78, 5) is 0. The summed E-state index contributed by atoms with van der Waals surface area (Å²) in [6, 6.07) is 0.662. The smallest absolute Gasteiger partial charge is 0.0534 e. The Hall–Kier alpha value is -0.830. The van der Waals surface area contributed by atoms with Gasteiger partial charge in [-0.25, -0.2) is 0 Å². The predicted molar refractivity (Wildman–Crippen MR) is 78.0 cm³/mol. The molecule has 0 aromatic carbocycles. The fraction of sp³-hybridized carbons (Fsp3) is 0.812. The highest BCUT2D eigenvalue weighted by atomic mass is 15.3. The molecule has 1 aromatic heterocycles. The lowest BCUT2D eigenvalue weighted by molar-refractivity contribution is 0.108.